The fraction of sp³-hybridized carbons (Fsp3) is 0.250. The minimum atomic E-state index is -0.580. The molecule has 1 unspecified atom stereocenters. The quantitative estimate of drug-likeness (QED) is 0.847. The molecule has 2 aromatic rings. The van der Waals surface area contributed by atoms with Crippen molar-refractivity contribution >= 4 is 11.6 Å². The molecule has 2 aromatic carbocycles. The van der Waals surface area contributed by atoms with Crippen molar-refractivity contribution in [2.45, 2.75) is 19.4 Å². The van der Waals surface area contributed by atoms with E-state index in [1.165, 1.54) is 18.2 Å². The largest absolute Gasteiger partial charge is 0.310 e. The molecule has 0 aliphatic carbocycles. The predicted molar refractivity (Wildman–Crippen MR) is 77.9 cm³/mol. The lowest BCUT2D eigenvalue weighted by atomic mass is 10.1. The van der Waals surface area contributed by atoms with Gasteiger partial charge in [-0.1, -0.05) is 17.7 Å². The average Bonchev–Trinajstić information content (AvgIpc) is 2.40. The van der Waals surface area contributed by atoms with E-state index in [1.807, 2.05) is 6.92 Å². The molecule has 0 aliphatic rings. The van der Waals surface area contributed by atoms with Crippen LogP contribution in [-0.4, -0.2) is 6.54 Å². The van der Waals surface area contributed by atoms with Gasteiger partial charge in [0.2, 0.25) is 0 Å². The second-order valence-electron chi connectivity index (χ2n) is 4.88. The van der Waals surface area contributed by atoms with E-state index in [1.54, 1.807) is 12.1 Å². The SMILES string of the molecule is CC(NCCc1cc(F)cc(F)c1)c1ccc(F)c(Cl)c1. The van der Waals surface area contributed by atoms with E-state index in [0.717, 1.165) is 11.6 Å². The van der Waals surface area contributed by atoms with E-state index in [4.69, 9.17) is 11.6 Å². The maximum Gasteiger partial charge on any atom is 0.141 e. The van der Waals surface area contributed by atoms with Crippen LogP contribution < -0.4 is 5.32 Å². The highest BCUT2D eigenvalue weighted by atomic mass is 35.5. The normalized spacial score (nSPS) is 12.4. The van der Waals surface area contributed by atoms with E-state index in [0.29, 0.717) is 18.5 Å². The zero-order chi connectivity index (χ0) is 15.4. The lowest BCUT2D eigenvalue weighted by Gasteiger charge is -2.15. The summed E-state index contributed by atoms with van der Waals surface area (Å²) in [5.74, 6) is -1.62. The Morgan fingerprint density at radius 3 is 2.33 bits per heavy atom. The topological polar surface area (TPSA) is 12.0 Å². The van der Waals surface area contributed by atoms with Gasteiger partial charge in [0.1, 0.15) is 17.5 Å². The summed E-state index contributed by atoms with van der Waals surface area (Å²) in [6, 6.07) is 7.96. The molecule has 0 saturated carbocycles. The smallest absolute Gasteiger partial charge is 0.141 e. The molecule has 0 heterocycles. The van der Waals surface area contributed by atoms with Gasteiger partial charge in [0.15, 0.2) is 0 Å². The zero-order valence-corrected chi connectivity index (χ0v) is 12.2. The average molecular weight is 314 g/mol. The number of hydrogen-bond donors (Lipinski definition) is 1. The van der Waals surface area contributed by atoms with Gasteiger partial charge in [-0.3, -0.25) is 0 Å². The monoisotopic (exact) mass is 313 g/mol. The van der Waals surface area contributed by atoms with Crippen LogP contribution in [0.2, 0.25) is 5.02 Å². The second-order valence-corrected chi connectivity index (χ2v) is 5.28. The second kappa shape index (κ2) is 6.96. The van der Waals surface area contributed by atoms with E-state index in [-0.39, 0.29) is 11.1 Å². The van der Waals surface area contributed by atoms with Crippen molar-refractivity contribution in [2.24, 2.45) is 0 Å². The Balaban J connectivity index is 1.91. The Hall–Kier alpha value is -1.52. The van der Waals surface area contributed by atoms with E-state index >= 15 is 0 Å². The minimum absolute atomic E-state index is 0.0403. The van der Waals surface area contributed by atoms with Crippen molar-refractivity contribution in [2.75, 3.05) is 6.54 Å². The van der Waals surface area contributed by atoms with E-state index in [2.05, 4.69) is 5.32 Å². The lowest BCUT2D eigenvalue weighted by molar-refractivity contribution is 0.562. The van der Waals surface area contributed by atoms with Gasteiger partial charge in [-0.05, 0) is 55.3 Å². The Kier molecular flexibility index (Phi) is 5.26. The molecule has 21 heavy (non-hydrogen) atoms. The van der Waals surface area contributed by atoms with Crippen molar-refractivity contribution in [1.82, 2.24) is 5.32 Å². The van der Waals surface area contributed by atoms with Gasteiger partial charge >= 0.3 is 0 Å². The van der Waals surface area contributed by atoms with Gasteiger partial charge in [-0.2, -0.15) is 0 Å². The molecule has 0 spiro atoms. The minimum Gasteiger partial charge on any atom is -0.310 e. The lowest BCUT2D eigenvalue weighted by Crippen LogP contribution is -2.21. The first kappa shape index (κ1) is 15.9. The van der Waals surface area contributed by atoms with Crippen LogP contribution in [0.1, 0.15) is 24.1 Å². The van der Waals surface area contributed by atoms with Crippen LogP contribution in [0, 0.1) is 17.5 Å². The summed E-state index contributed by atoms with van der Waals surface area (Å²) in [6.45, 7) is 2.45. The van der Waals surface area contributed by atoms with Gasteiger partial charge in [0, 0.05) is 12.1 Å². The molecule has 1 nitrogen and oxygen atoms in total. The maximum absolute atomic E-state index is 13.1. The van der Waals surface area contributed by atoms with E-state index in [9.17, 15) is 13.2 Å². The molecular weight excluding hydrogens is 299 g/mol. The first-order valence-corrected chi connectivity index (χ1v) is 6.97. The Morgan fingerprint density at radius 2 is 1.71 bits per heavy atom. The molecule has 1 N–H and O–H groups in total. The van der Waals surface area contributed by atoms with Crippen LogP contribution in [0.4, 0.5) is 13.2 Å². The third-order valence-electron chi connectivity index (χ3n) is 3.23. The Morgan fingerprint density at radius 1 is 1.05 bits per heavy atom. The fourth-order valence-corrected chi connectivity index (χ4v) is 2.28. The standard InChI is InChI=1S/C16H15ClF3N/c1-10(12-2-3-16(20)15(17)8-12)21-5-4-11-6-13(18)9-14(19)7-11/h2-3,6-10,21H,4-5H2,1H3. The van der Waals surface area contributed by atoms with Crippen molar-refractivity contribution in [1.29, 1.82) is 0 Å². The van der Waals surface area contributed by atoms with Gasteiger partial charge in [-0.25, -0.2) is 13.2 Å². The molecular formula is C16H15ClF3N. The first-order valence-electron chi connectivity index (χ1n) is 6.59. The molecule has 0 radical (unpaired) electrons. The van der Waals surface area contributed by atoms with Crippen molar-refractivity contribution in [3.8, 4) is 0 Å². The molecule has 1 atom stereocenters. The van der Waals surface area contributed by atoms with Gasteiger partial charge in [0.05, 0.1) is 5.02 Å². The molecule has 0 aromatic heterocycles. The van der Waals surface area contributed by atoms with Gasteiger partial charge < -0.3 is 5.32 Å². The van der Waals surface area contributed by atoms with Crippen LogP contribution >= 0.6 is 11.6 Å². The van der Waals surface area contributed by atoms with Crippen LogP contribution in [0.3, 0.4) is 0 Å². The summed E-state index contributed by atoms with van der Waals surface area (Å²) in [4.78, 5) is 0. The third kappa shape index (κ3) is 4.48. The maximum atomic E-state index is 13.1. The molecule has 112 valence electrons. The summed E-state index contributed by atoms with van der Waals surface area (Å²) in [6.07, 6.45) is 0.494. The molecule has 0 aliphatic heterocycles. The summed E-state index contributed by atoms with van der Waals surface area (Å²) in [5, 5.41) is 3.28. The van der Waals surface area contributed by atoms with Crippen LogP contribution in [0.25, 0.3) is 0 Å². The highest BCUT2D eigenvalue weighted by molar-refractivity contribution is 6.30. The molecule has 2 rings (SSSR count). The number of hydrogen-bond acceptors (Lipinski definition) is 1. The first-order chi connectivity index (χ1) is 9.95. The molecule has 0 saturated heterocycles. The highest BCUT2D eigenvalue weighted by Crippen LogP contribution is 2.20. The number of nitrogens with one attached hydrogen (secondary N) is 1. The Bertz CT molecular complexity index is 611. The molecule has 0 bridgehead atoms. The summed E-state index contributed by atoms with van der Waals surface area (Å²) >= 11 is 5.74. The van der Waals surface area contributed by atoms with Crippen molar-refractivity contribution in [3.63, 3.8) is 0 Å². The van der Waals surface area contributed by atoms with Crippen LogP contribution in [0.15, 0.2) is 36.4 Å². The summed E-state index contributed by atoms with van der Waals surface area (Å²) in [7, 11) is 0. The molecule has 5 heteroatoms. The predicted octanol–water partition coefficient (Wildman–Crippen LogP) is 4.65. The zero-order valence-electron chi connectivity index (χ0n) is 11.5. The number of halogens is 4. The summed E-state index contributed by atoms with van der Waals surface area (Å²) in [5.41, 5.74) is 1.44. The summed E-state index contributed by atoms with van der Waals surface area (Å²) < 4.78 is 39.2. The number of benzene rings is 2. The Labute approximate surface area is 126 Å². The third-order valence-corrected chi connectivity index (χ3v) is 3.52. The van der Waals surface area contributed by atoms with Crippen LogP contribution in [-0.2, 0) is 6.42 Å². The van der Waals surface area contributed by atoms with Crippen molar-refractivity contribution in [3.05, 3.63) is 70.0 Å². The number of rotatable bonds is 5. The van der Waals surface area contributed by atoms with Crippen LogP contribution in [0.5, 0.6) is 0 Å². The van der Waals surface area contributed by atoms with E-state index < -0.39 is 17.5 Å². The highest BCUT2D eigenvalue weighted by Gasteiger charge is 2.08. The molecule has 0 fully saturated rings. The molecule has 0 amide bonds. The van der Waals surface area contributed by atoms with Crippen molar-refractivity contribution < 1.29 is 13.2 Å². The van der Waals surface area contributed by atoms with Gasteiger partial charge in [-0.15, -0.1) is 0 Å². The van der Waals surface area contributed by atoms with Gasteiger partial charge in [0.25, 0.3) is 0 Å². The fourth-order valence-electron chi connectivity index (χ4n) is 2.09.